The van der Waals surface area contributed by atoms with Crippen LogP contribution in [0.2, 0.25) is 0 Å². The third kappa shape index (κ3) is 5.76. The number of nitrogens with zero attached hydrogens (tertiary/aromatic N) is 1. The molecule has 0 saturated heterocycles. The molecule has 5 heteroatoms. The lowest BCUT2D eigenvalue weighted by molar-refractivity contribution is 0.664. The summed E-state index contributed by atoms with van der Waals surface area (Å²) < 4.78 is 20.1. The van der Waals surface area contributed by atoms with Crippen LogP contribution in [-0.4, -0.2) is 0 Å². The van der Waals surface area contributed by atoms with Gasteiger partial charge in [-0.2, -0.15) is 12.6 Å². The molecule has 0 aliphatic heterocycles. The molecule has 0 N–H and O–H groups in total. The second-order valence-electron chi connectivity index (χ2n) is 15.7. The third-order valence-electron chi connectivity index (χ3n) is 12.1. The van der Waals surface area contributed by atoms with Crippen LogP contribution in [0.1, 0.15) is 17.7 Å². The maximum atomic E-state index is 6.91. The Morgan fingerprint density at radius 3 is 1.72 bits per heavy atom. The molecule has 0 fully saturated rings. The molecule has 4 nitrogen and oxygen atoms in total. The van der Waals surface area contributed by atoms with Crippen LogP contribution >= 0.6 is 12.6 Å². The predicted octanol–water partition coefficient (Wildman–Crippen LogP) is 16.8. The zero-order valence-electron chi connectivity index (χ0n) is 33.2. The summed E-state index contributed by atoms with van der Waals surface area (Å²) in [6.45, 7) is 2.09. The molecule has 0 bridgehead atoms. The monoisotopic (exact) mass is 803 g/mol. The standard InChI is InChI=1S/C56H37NO3S/c1-34(61)35-21-23-39(24-22-35)52-54-45-14-6-8-19-49(45)58-51(54)33-46-53-42(15-10-20-50(53)60-56(46)52)38-27-31-41(32-28-38)57(40-29-25-37(26-30-40)36-11-3-2-4-12-36)47-17-9-16-44-43-13-5-7-18-48(43)59-55(44)47/h2-34,61H,1H3. The van der Waals surface area contributed by atoms with Crippen molar-refractivity contribution in [3.63, 3.8) is 0 Å². The Bertz CT molecular complexity index is 3600. The van der Waals surface area contributed by atoms with Crippen LogP contribution in [0.3, 0.4) is 0 Å². The molecule has 61 heavy (non-hydrogen) atoms. The summed E-state index contributed by atoms with van der Waals surface area (Å²) in [5.74, 6) is 0. The van der Waals surface area contributed by atoms with E-state index in [0.29, 0.717) is 0 Å². The molecule has 0 saturated carbocycles. The lowest BCUT2D eigenvalue weighted by atomic mass is 9.94. The topological polar surface area (TPSA) is 42.7 Å². The predicted molar refractivity (Wildman–Crippen MR) is 257 cm³/mol. The first kappa shape index (κ1) is 35.5. The van der Waals surface area contributed by atoms with Gasteiger partial charge in [-0.15, -0.1) is 0 Å². The van der Waals surface area contributed by atoms with Crippen LogP contribution in [0.5, 0.6) is 0 Å². The van der Waals surface area contributed by atoms with Gasteiger partial charge in [-0.1, -0.05) is 140 Å². The van der Waals surface area contributed by atoms with Gasteiger partial charge in [-0.25, -0.2) is 0 Å². The van der Waals surface area contributed by atoms with Gasteiger partial charge in [0.15, 0.2) is 5.58 Å². The van der Waals surface area contributed by atoms with E-state index in [2.05, 4.69) is 176 Å². The normalized spacial score (nSPS) is 12.4. The fourth-order valence-electron chi connectivity index (χ4n) is 9.17. The average molecular weight is 804 g/mol. The number of rotatable bonds is 7. The Kier molecular flexibility index (Phi) is 8.19. The van der Waals surface area contributed by atoms with Crippen molar-refractivity contribution in [3.05, 3.63) is 200 Å². The molecule has 0 spiro atoms. The minimum Gasteiger partial charge on any atom is -0.456 e. The second kappa shape index (κ2) is 14.1. The fraction of sp³-hybridized carbons (Fsp3) is 0.0357. The van der Waals surface area contributed by atoms with Crippen molar-refractivity contribution in [3.8, 4) is 33.4 Å². The van der Waals surface area contributed by atoms with E-state index in [-0.39, 0.29) is 5.25 Å². The minimum atomic E-state index is 0.131. The summed E-state index contributed by atoms with van der Waals surface area (Å²) in [6, 6.07) is 68.2. The SMILES string of the molecule is CC(S)c1ccc(-c2c3oc4cccc(-c5ccc(N(c6ccc(-c7ccccc7)cc6)c6cccc7c6oc6ccccc67)cc5)c4c3cc3oc4ccccc4c23)cc1. The van der Waals surface area contributed by atoms with E-state index in [0.717, 1.165) is 111 Å². The Balaban J connectivity index is 1.03. The van der Waals surface area contributed by atoms with Gasteiger partial charge in [0.05, 0.1) is 5.69 Å². The van der Waals surface area contributed by atoms with Crippen molar-refractivity contribution in [1.29, 1.82) is 0 Å². The number of hydrogen-bond acceptors (Lipinski definition) is 5. The minimum absolute atomic E-state index is 0.131. The number of hydrogen-bond donors (Lipinski definition) is 1. The summed E-state index contributed by atoms with van der Waals surface area (Å²) in [6.07, 6.45) is 0. The maximum absolute atomic E-state index is 6.91. The summed E-state index contributed by atoms with van der Waals surface area (Å²) in [4.78, 5) is 2.29. The highest BCUT2D eigenvalue weighted by Crippen LogP contribution is 2.48. The molecule has 0 radical (unpaired) electrons. The molecule has 1 atom stereocenters. The Labute approximate surface area is 357 Å². The largest absolute Gasteiger partial charge is 0.456 e. The molecule has 3 aromatic heterocycles. The highest BCUT2D eigenvalue weighted by atomic mass is 32.1. The Morgan fingerprint density at radius 2 is 0.984 bits per heavy atom. The van der Waals surface area contributed by atoms with Crippen LogP contribution in [0.15, 0.2) is 207 Å². The molecule has 0 aliphatic rings. The van der Waals surface area contributed by atoms with Gasteiger partial charge in [-0.3, -0.25) is 0 Å². The van der Waals surface area contributed by atoms with Crippen molar-refractivity contribution in [2.24, 2.45) is 0 Å². The van der Waals surface area contributed by atoms with E-state index in [1.54, 1.807) is 0 Å². The van der Waals surface area contributed by atoms with Crippen molar-refractivity contribution in [2.75, 3.05) is 4.90 Å². The van der Waals surface area contributed by atoms with Gasteiger partial charge in [0.1, 0.15) is 27.9 Å². The van der Waals surface area contributed by atoms with Crippen LogP contribution in [0.25, 0.3) is 99.2 Å². The van der Waals surface area contributed by atoms with E-state index in [4.69, 9.17) is 25.9 Å². The number of benzene rings is 9. The quantitative estimate of drug-likeness (QED) is 0.163. The van der Waals surface area contributed by atoms with Crippen molar-refractivity contribution >= 4 is 95.5 Å². The van der Waals surface area contributed by atoms with Gasteiger partial charge in [0.25, 0.3) is 0 Å². The van der Waals surface area contributed by atoms with E-state index < -0.39 is 0 Å². The number of anilines is 3. The number of thiol groups is 1. The molecule has 0 amide bonds. The van der Waals surface area contributed by atoms with Crippen molar-refractivity contribution < 1.29 is 13.3 Å². The fourth-order valence-corrected chi connectivity index (χ4v) is 9.34. The van der Waals surface area contributed by atoms with Gasteiger partial charge in [0, 0.05) is 54.5 Å². The molecular weight excluding hydrogens is 767 g/mol. The van der Waals surface area contributed by atoms with E-state index in [1.807, 2.05) is 30.3 Å². The lowest BCUT2D eigenvalue weighted by Gasteiger charge is -2.26. The Hall–Kier alpha value is -7.47. The van der Waals surface area contributed by atoms with Gasteiger partial charge in [-0.05, 0) is 94.9 Å². The zero-order chi connectivity index (χ0) is 40.6. The molecule has 0 aliphatic carbocycles. The third-order valence-corrected chi connectivity index (χ3v) is 12.4. The summed E-state index contributed by atoms with van der Waals surface area (Å²) in [5.41, 5.74) is 15.8. The van der Waals surface area contributed by atoms with Crippen LogP contribution in [0.4, 0.5) is 17.1 Å². The van der Waals surface area contributed by atoms with Crippen molar-refractivity contribution in [1.82, 2.24) is 0 Å². The molecule has 12 aromatic rings. The highest BCUT2D eigenvalue weighted by molar-refractivity contribution is 7.80. The number of para-hydroxylation sites is 3. The van der Waals surface area contributed by atoms with Crippen LogP contribution in [0, 0.1) is 0 Å². The van der Waals surface area contributed by atoms with Gasteiger partial charge >= 0.3 is 0 Å². The Morgan fingerprint density at radius 1 is 0.410 bits per heavy atom. The van der Waals surface area contributed by atoms with E-state index >= 15 is 0 Å². The summed E-state index contributed by atoms with van der Waals surface area (Å²) >= 11 is 4.70. The van der Waals surface area contributed by atoms with Gasteiger partial charge < -0.3 is 18.2 Å². The summed E-state index contributed by atoms with van der Waals surface area (Å²) in [7, 11) is 0. The molecule has 290 valence electrons. The first-order valence-electron chi connectivity index (χ1n) is 20.6. The number of fused-ring (bicyclic) bond motifs is 9. The first-order chi connectivity index (χ1) is 30.1. The zero-order valence-corrected chi connectivity index (χ0v) is 34.1. The molecule has 12 rings (SSSR count). The van der Waals surface area contributed by atoms with Gasteiger partial charge in [0.2, 0.25) is 0 Å². The second-order valence-corrected chi connectivity index (χ2v) is 16.5. The number of furan rings is 3. The first-order valence-corrected chi connectivity index (χ1v) is 21.1. The molecule has 3 heterocycles. The lowest BCUT2D eigenvalue weighted by Crippen LogP contribution is -2.10. The van der Waals surface area contributed by atoms with Crippen LogP contribution < -0.4 is 4.90 Å². The van der Waals surface area contributed by atoms with Crippen molar-refractivity contribution in [2.45, 2.75) is 12.2 Å². The van der Waals surface area contributed by atoms with E-state index in [9.17, 15) is 0 Å². The molecule has 9 aromatic carbocycles. The van der Waals surface area contributed by atoms with Crippen LogP contribution in [-0.2, 0) is 0 Å². The highest BCUT2D eigenvalue weighted by Gasteiger charge is 2.24. The average Bonchev–Trinajstić information content (AvgIpc) is 4.01. The molecule has 1 unspecified atom stereocenters. The molecular formula is C56H37NO3S. The maximum Gasteiger partial charge on any atom is 0.159 e. The van der Waals surface area contributed by atoms with E-state index in [1.165, 1.54) is 11.1 Å². The summed E-state index contributed by atoms with van der Waals surface area (Å²) in [5, 5.41) is 6.49. The smallest absolute Gasteiger partial charge is 0.159 e.